The molecular formula is C16H36O3SSi. The Hall–Kier alpha value is 0.447. The van der Waals surface area contributed by atoms with E-state index in [0.717, 1.165) is 12.2 Å². The molecule has 5 heteroatoms. The van der Waals surface area contributed by atoms with Crippen molar-refractivity contribution in [2.24, 2.45) is 0 Å². The molecule has 0 amide bonds. The van der Waals surface area contributed by atoms with Crippen molar-refractivity contribution in [2.75, 3.05) is 20.0 Å². The number of thiol groups is 1. The highest BCUT2D eigenvalue weighted by Gasteiger charge is 2.38. The maximum absolute atomic E-state index is 6.08. The molecule has 0 bridgehead atoms. The van der Waals surface area contributed by atoms with Crippen LogP contribution in [-0.4, -0.2) is 34.4 Å². The van der Waals surface area contributed by atoms with Gasteiger partial charge in [-0.15, -0.1) is 0 Å². The lowest BCUT2D eigenvalue weighted by Gasteiger charge is -2.33. The fourth-order valence-corrected chi connectivity index (χ4v) is 4.11. The van der Waals surface area contributed by atoms with E-state index in [1.807, 2.05) is 6.55 Å². The first kappa shape index (κ1) is 21.4. The van der Waals surface area contributed by atoms with Crippen LogP contribution in [-0.2, 0) is 13.3 Å². The van der Waals surface area contributed by atoms with Gasteiger partial charge >= 0.3 is 8.80 Å². The molecule has 0 aromatic carbocycles. The van der Waals surface area contributed by atoms with Crippen molar-refractivity contribution in [3.05, 3.63) is 0 Å². The second-order valence-corrected chi connectivity index (χ2v) is 9.63. The van der Waals surface area contributed by atoms with E-state index in [2.05, 4.69) is 26.5 Å². The van der Waals surface area contributed by atoms with E-state index in [-0.39, 0.29) is 5.60 Å². The van der Waals surface area contributed by atoms with Gasteiger partial charge in [0, 0.05) is 20.8 Å². The maximum atomic E-state index is 6.08. The molecule has 21 heavy (non-hydrogen) atoms. The van der Waals surface area contributed by atoms with E-state index in [0.29, 0.717) is 0 Å². The summed E-state index contributed by atoms with van der Waals surface area (Å²) in [4.78, 5) is 0. The van der Waals surface area contributed by atoms with E-state index < -0.39 is 8.80 Å². The monoisotopic (exact) mass is 336 g/mol. The zero-order chi connectivity index (χ0) is 16.2. The lowest BCUT2D eigenvalue weighted by molar-refractivity contribution is 0.00340. The van der Waals surface area contributed by atoms with Gasteiger partial charge in [-0.2, -0.15) is 12.6 Å². The Labute approximate surface area is 138 Å². The van der Waals surface area contributed by atoms with Gasteiger partial charge in [0.15, 0.2) is 0 Å². The van der Waals surface area contributed by atoms with Gasteiger partial charge in [0.25, 0.3) is 0 Å². The molecule has 0 aliphatic heterocycles. The van der Waals surface area contributed by atoms with Crippen LogP contribution in [0.5, 0.6) is 0 Å². The fourth-order valence-electron chi connectivity index (χ4n) is 2.44. The van der Waals surface area contributed by atoms with Crippen LogP contribution in [0.2, 0.25) is 6.55 Å². The number of hydrogen-bond acceptors (Lipinski definition) is 4. The predicted molar refractivity (Wildman–Crippen MR) is 96.2 cm³/mol. The fraction of sp³-hybridized carbons (Fsp3) is 1.00. The lowest BCUT2D eigenvalue weighted by Crippen LogP contribution is -2.47. The third-order valence-electron chi connectivity index (χ3n) is 3.89. The minimum absolute atomic E-state index is 0.167. The van der Waals surface area contributed by atoms with Gasteiger partial charge in [0.2, 0.25) is 0 Å². The highest BCUT2D eigenvalue weighted by molar-refractivity contribution is 7.80. The predicted octanol–water partition coefficient (Wildman–Crippen LogP) is 5.08. The third kappa shape index (κ3) is 11.6. The van der Waals surface area contributed by atoms with Gasteiger partial charge in [0.05, 0.1) is 5.60 Å². The van der Waals surface area contributed by atoms with Crippen LogP contribution < -0.4 is 0 Å². The van der Waals surface area contributed by atoms with Gasteiger partial charge in [-0.3, -0.25) is 0 Å². The summed E-state index contributed by atoms with van der Waals surface area (Å²) in [6.07, 6.45) is 11.6. The van der Waals surface area contributed by atoms with Crippen molar-refractivity contribution < 1.29 is 13.3 Å². The molecule has 0 fully saturated rings. The molecule has 0 aliphatic rings. The molecule has 0 saturated heterocycles. The first-order chi connectivity index (χ1) is 9.89. The van der Waals surface area contributed by atoms with Gasteiger partial charge in [-0.1, -0.05) is 44.9 Å². The summed E-state index contributed by atoms with van der Waals surface area (Å²) in [5.41, 5.74) is -0.167. The Morgan fingerprint density at radius 2 is 1.24 bits per heavy atom. The molecule has 0 aromatic rings. The Bertz CT molecular complexity index is 246. The Morgan fingerprint density at radius 3 is 1.67 bits per heavy atom. The first-order valence-electron chi connectivity index (χ1n) is 8.30. The second-order valence-electron chi connectivity index (χ2n) is 6.43. The van der Waals surface area contributed by atoms with Crippen LogP contribution in [0.1, 0.15) is 71.6 Å². The van der Waals surface area contributed by atoms with E-state index in [9.17, 15) is 0 Å². The quantitative estimate of drug-likeness (QED) is 0.272. The first-order valence-corrected chi connectivity index (χ1v) is 11.2. The van der Waals surface area contributed by atoms with Gasteiger partial charge in [-0.05, 0) is 32.4 Å². The molecule has 0 unspecified atom stereocenters. The molecule has 0 atom stereocenters. The number of unbranched alkanes of at least 4 members (excludes halogenated alkanes) is 7. The van der Waals surface area contributed by atoms with Crippen LogP contribution in [0, 0.1) is 0 Å². The smallest absolute Gasteiger partial charge is 0.377 e. The Kier molecular flexibility index (Phi) is 12.2. The van der Waals surface area contributed by atoms with Crippen molar-refractivity contribution >= 4 is 21.4 Å². The summed E-state index contributed by atoms with van der Waals surface area (Å²) in [6.45, 7) is 6.21. The summed E-state index contributed by atoms with van der Waals surface area (Å²) in [5, 5.41) is 0. The van der Waals surface area contributed by atoms with Crippen LogP contribution in [0.3, 0.4) is 0 Å². The summed E-state index contributed by atoms with van der Waals surface area (Å²) < 4.78 is 16.9. The highest BCUT2D eigenvalue weighted by Crippen LogP contribution is 2.24. The maximum Gasteiger partial charge on any atom is 0.497 e. The van der Waals surface area contributed by atoms with Crippen molar-refractivity contribution in [2.45, 2.75) is 83.8 Å². The normalized spacial score (nSPS) is 12.9. The third-order valence-corrected chi connectivity index (χ3v) is 6.61. The topological polar surface area (TPSA) is 27.7 Å². The molecule has 0 rings (SSSR count). The van der Waals surface area contributed by atoms with Crippen molar-refractivity contribution in [1.82, 2.24) is 0 Å². The van der Waals surface area contributed by atoms with Crippen molar-refractivity contribution in [3.63, 3.8) is 0 Å². The standard InChI is InChI=1S/C16H36O3SSi/c1-16(2,19-21(5,17-3)18-4)14-12-10-8-6-7-9-11-13-15-20/h20H,6-15H2,1-5H3. The van der Waals surface area contributed by atoms with Gasteiger partial charge in [-0.25, -0.2) is 0 Å². The molecular weight excluding hydrogens is 300 g/mol. The molecule has 0 aliphatic carbocycles. The zero-order valence-corrected chi connectivity index (χ0v) is 16.6. The molecule has 0 heterocycles. The average molecular weight is 337 g/mol. The summed E-state index contributed by atoms with van der Waals surface area (Å²) in [5.74, 6) is 1.03. The highest BCUT2D eigenvalue weighted by atomic mass is 32.1. The molecule has 0 radical (unpaired) electrons. The molecule has 0 aromatic heterocycles. The minimum atomic E-state index is -2.43. The lowest BCUT2D eigenvalue weighted by atomic mass is 9.99. The SMILES string of the molecule is CO[Si](C)(OC)OC(C)(C)CCCCCCCCCCS. The van der Waals surface area contributed by atoms with E-state index >= 15 is 0 Å². The van der Waals surface area contributed by atoms with E-state index in [4.69, 9.17) is 13.3 Å². The number of hydrogen-bond donors (Lipinski definition) is 1. The molecule has 128 valence electrons. The van der Waals surface area contributed by atoms with Crippen LogP contribution in [0.15, 0.2) is 0 Å². The van der Waals surface area contributed by atoms with Crippen LogP contribution in [0.25, 0.3) is 0 Å². The van der Waals surface area contributed by atoms with E-state index in [1.54, 1.807) is 14.2 Å². The van der Waals surface area contributed by atoms with Crippen LogP contribution in [0.4, 0.5) is 0 Å². The van der Waals surface area contributed by atoms with Crippen molar-refractivity contribution in [1.29, 1.82) is 0 Å². The average Bonchev–Trinajstić information content (AvgIpc) is 2.45. The second kappa shape index (κ2) is 11.9. The van der Waals surface area contributed by atoms with Gasteiger partial charge < -0.3 is 13.3 Å². The Morgan fingerprint density at radius 1 is 0.810 bits per heavy atom. The van der Waals surface area contributed by atoms with Gasteiger partial charge in [0.1, 0.15) is 0 Å². The van der Waals surface area contributed by atoms with Crippen molar-refractivity contribution in [3.8, 4) is 0 Å². The molecule has 3 nitrogen and oxygen atoms in total. The number of rotatable bonds is 14. The summed E-state index contributed by atoms with van der Waals surface area (Å²) >= 11 is 4.24. The zero-order valence-electron chi connectivity index (χ0n) is 14.7. The minimum Gasteiger partial charge on any atom is -0.377 e. The largest absolute Gasteiger partial charge is 0.497 e. The van der Waals surface area contributed by atoms with Crippen LogP contribution >= 0.6 is 12.6 Å². The molecule has 0 spiro atoms. The Balaban J connectivity index is 3.66. The summed E-state index contributed by atoms with van der Waals surface area (Å²) in [6, 6.07) is 0. The molecule has 0 saturated carbocycles. The summed E-state index contributed by atoms with van der Waals surface area (Å²) in [7, 11) is 0.899. The molecule has 0 N–H and O–H groups in total. The van der Waals surface area contributed by atoms with E-state index in [1.165, 1.54) is 51.4 Å².